The number of amides is 1. The van der Waals surface area contributed by atoms with Crippen LogP contribution in [0.15, 0.2) is 48.5 Å². The number of nitrogens with one attached hydrogen (secondary N) is 3. The van der Waals surface area contributed by atoms with E-state index in [0.29, 0.717) is 0 Å². The highest BCUT2D eigenvalue weighted by atomic mass is 16.2. The summed E-state index contributed by atoms with van der Waals surface area (Å²) in [5, 5.41) is 11.8. The van der Waals surface area contributed by atoms with Crippen molar-refractivity contribution in [1.82, 2.24) is 15.5 Å². The second-order valence-corrected chi connectivity index (χ2v) is 6.29. The van der Waals surface area contributed by atoms with Crippen LogP contribution in [0.25, 0.3) is 23.1 Å². The van der Waals surface area contributed by atoms with E-state index in [9.17, 15) is 4.79 Å². The van der Waals surface area contributed by atoms with Crippen molar-refractivity contribution in [3.05, 3.63) is 65.4 Å². The summed E-state index contributed by atoms with van der Waals surface area (Å²) in [6.07, 6.45) is 4.02. The predicted octanol–water partition coefficient (Wildman–Crippen LogP) is 1.36. The molecule has 126 valence electrons. The van der Waals surface area contributed by atoms with E-state index >= 15 is 0 Å². The molecule has 0 unspecified atom stereocenters. The number of benzene rings is 2. The zero-order chi connectivity index (χ0) is 17.1. The first-order valence-electron chi connectivity index (χ1n) is 8.62. The van der Waals surface area contributed by atoms with Gasteiger partial charge >= 0.3 is 5.91 Å². The molecule has 5 nitrogen and oxygen atoms in total. The van der Waals surface area contributed by atoms with Crippen LogP contribution in [0, 0.1) is 0 Å². The van der Waals surface area contributed by atoms with E-state index in [1.165, 1.54) is 0 Å². The zero-order valence-corrected chi connectivity index (χ0v) is 14.0. The molecule has 0 radical (unpaired) electrons. The third-order valence-corrected chi connectivity index (χ3v) is 4.63. The number of aromatic amines is 1. The minimum absolute atomic E-state index is 0.190. The molecule has 0 aliphatic carbocycles. The van der Waals surface area contributed by atoms with Crippen molar-refractivity contribution in [2.75, 3.05) is 26.2 Å². The highest BCUT2D eigenvalue weighted by Crippen LogP contribution is 2.17. The van der Waals surface area contributed by atoms with Gasteiger partial charge in [-0.05, 0) is 29.8 Å². The van der Waals surface area contributed by atoms with Crippen LogP contribution in [0.5, 0.6) is 0 Å². The fourth-order valence-corrected chi connectivity index (χ4v) is 3.19. The van der Waals surface area contributed by atoms with E-state index in [1.54, 1.807) is 0 Å². The van der Waals surface area contributed by atoms with Crippen molar-refractivity contribution in [2.24, 2.45) is 0 Å². The Morgan fingerprint density at radius 2 is 1.76 bits per heavy atom. The van der Waals surface area contributed by atoms with Gasteiger partial charge in [-0.25, -0.2) is 4.79 Å². The van der Waals surface area contributed by atoms with Crippen molar-refractivity contribution in [3.8, 4) is 0 Å². The summed E-state index contributed by atoms with van der Waals surface area (Å²) >= 11 is 0. The van der Waals surface area contributed by atoms with Gasteiger partial charge in [-0.2, -0.15) is 5.10 Å². The third kappa shape index (κ3) is 3.38. The van der Waals surface area contributed by atoms with Crippen molar-refractivity contribution >= 4 is 29.0 Å². The summed E-state index contributed by atoms with van der Waals surface area (Å²) in [5.74, 6) is 0.190. The summed E-state index contributed by atoms with van der Waals surface area (Å²) in [6, 6.07) is 15.9. The topological polar surface area (TPSA) is 62.2 Å². The molecule has 1 aliphatic heterocycles. The van der Waals surface area contributed by atoms with E-state index in [4.69, 9.17) is 0 Å². The Morgan fingerprint density at radius 3 is 2.56 bits per heavy atom. The molecule has 2 heterocycles. The number of fused-ring (bicyclic) bond motifs is 1. The Kier molecular flexibility index (Phi) is 4.41. The monoisotopic (exact) mass is 333 g/mol. The van der Waals surface area contributed by atoms with Gasteiger partial charge < -0.3 is 5.32 Å². The summed E-state index contributed by atoms with van der Waals surface area (Å²) in [7, 11) is 0. The molecule has 1 aliphatic rings. The van der Waals surface area contributed by atoms with Crippen LogP contribution in [0.2, 0.25) is 0 Å². The van der Waals surface area contributed by atoms with Gasteiger partial charge in [0.05, 0.1) is 29.9 Å². The molecule has 1 fully saturated rings. The van der Waals surface area contributed by atoms with Crippen molar-refractivity contribution in [3.63, 3.8) is 0 Å². The number of carbonyl (C=O) groups excluding carboxylic acids is 1. The lowest BCUT2D eigenvalue weighted by Gasteiger charge is -2.22. The Balaban J connectivity index is 1.49. The summed E-state index contributed by atoms with van der Waals surface area (Å²) in [4.78, 5) is 13.5. The highest BCUT2D eigenvalue weighted by Gasteiger charge is 2.23. The minimum atomic E-state index is 0.190. The largest absolute Gasteiger partial charge is 0.344 e. The number of hydrogen-bond donors (Lipinski definition) is 3. The number of H-pyrrole nitrogens is 1. The number of carbonyl (C=O) groups is 1. The molecule has 0 saturated carbocycles. The Morgan fingerprint density at radius 1 is 1.00 bits per heavy atom. The number of aromatic nitrogens is 2. The Bertz CT molecular complexity index is 905. The van der Waals surface area contributed by atoms with E-state index in [1.807, 2.05) is 54.6 Å². The first-order valence-corrected chi connectivity index (χ1v) is 8.62. The van der Waals surface area contributed by atoms with Crippen molar-refractivity contribution < 1.29 is 9.69 Å². The standard InChI is InChI=1S/C20H20N4O/c25-20(24-13-11-21-12-14-24)16-8-5-15(6-9-16)7-10-19-17-3-1-2-4-18(17)22-23-19/h1-10,21H,11-14H2,(H,22,23)/p+1. The van der Waals surface area contributed by atoms with Gasteiger partial charge in [-0.15, -0.1) is 0 Å². The number of rotatable bonds is 3. The van der Waals surface area contributed by atoms with E-state index in [-0.39, 0.29) is 5.91 Å². The molecule has 25 heavy (non-hydrogen) atoms. The molecule has 4 rings (SSSR count). The Hall–Kier alpha value is -2.76. The van der Waals surface area contributed by atoms with E-state index in [2.05, 4.69) is 21.6 Å². The maximum absolute atomic E-state index is 12.5. The molecule has 3 N–H and O–H groups in total. The average molecular weight is 333 g/mol. The maximum atomic E-state index is 12.5. The number of nitrogens with zero attached hydrogens (tertiary/aromatic N) is 1. The minimum Gasteiger partial charge on any atom is -0.306 e. The maximum Gasteiger partial charge on any atom is 0.344 e. The molecule has 0 bridgehead atoms. The smallest absolute Gasteiger partial charge is 0.306 e. The average Bonchev–Trinajstić information content (AvgIpc) is 3.10. The van der Waals surface area contributed by atoms with Crippen LogP contribution >= 0.6 is 0 Å². The van der Waals surface area contributed by atoms with Crippen molar-refractivity contribution in [1.29, 1.82) is 0 Å². The fraction of sp³-hybridized carbons (Fsp3) is 0.200. The molecule has 0 spiro atoms. The molecule has 2 aromatic carbocycles. The zero-order valence-electron chi connectivity index (χ0n) is 14.0. The summed E-state index contributed by atoms with van der Waals surface area (Å²) in [6.45, 7) is 3.51. The lowest BCUT2D eigenvalue weighted by molar-refractivity contribution is -0.816. The second-order valence-electron chi connectivity index (χ2n) is 6.29. The SMILES string of the molecule is O=C(c1ccc(C=Cc2n[nH]c3ccccc23)cc1)[NH+]1CCNCC1. The molecule has 0 atom stereocenters. The number of hydrogen-bond acceptors (Lipinski definition) is 3. The fourth-order valence-electron chi connectivity index (χ4n) is 3.19. The molecule has 3 aromatic rings. The van der Waals surface area contributed by atoms with Gasteiger partial charge in [0, 0.05) is 18.5 Å². The highest BCUT2D eigenvalue weighted by molar-refractivity contribution is 5.90. The first-order chi connectivity index (χ1) is 12.3. The predicted molar refractivity (Wildman–Crippen MR) is 99.4 cm³/mol. The van der Waals surface area contributed by atoms with Crippen LogP contribution in [-0.4, -0.2) is 42.3 Å². The molecular formula is C20H21N4O+. The lowest BCUT2D eigenvalue weighted by Crippen LogP contribution is -3.17. The van der Waals surface area contributed by atoms with Crippen LogP contribution < -0.4 is 10.2 Å². The van der Waals surface area contributed by atoms with Gasteiger partial charge in [0.1, 0.15) is 0 Å². The van der Waals surface area contributed by atoms with Crippen molar-refractivity contribution in [2.45, 2.75) is 0 Å². The molecule has 1 aromatic heterocycles. The third-order valence-electron chi connectivity index (χ3n) is 4.63. The normalized spacial score (nSPS) is 15.8. The molecular weight excluding hydrogens is 312 g/mol. The van der Waals surface area contributed by atoms with Crippen LogP contribution in [0.4, 0.5) is 0 Å². The van der Waals surface area contributed by atoms with E-state index < -0.39 is 0 Å². The van der Waals surface area contributed by atoms with Crippen LogP contribution in [-0.2, 0) is 0 Å². The molecule has 1 amide bonds. The van der Waals surface area contributed by atoms with Gasteiger partial charge in [-0.3, -0.25) is 10.00 Å². The second kappa shape index (κ2) is 7.01. The van der Waals surface area contributed by atoms with E-state index in [0.717, 1.165) is 58.8 Å². The number of quaternary nitrogens is 1. The number of piperazine rings is 1. The first kappa shape index (κ1) is 15.7. The molecule has 1 saturated heterocycles. The van der Waals surface area contributed by atoms with Gasteiger partial charge in [-0.1, -0.05) is 36.4 Å². The van der Waals surface area contributed by atoms with Gasteiger partial charge in [0.15, 0.2) is 0 Å². The quantitative estimate of drug-likeness (QED) is 0.678. The number of para-hydroxylation sites is 1. The Labute approximate surface area is 146 Å². The van der Waals surface area contributed by atoms with Crippen LogP contribution in [0.3, 0.4) is 0 Å². The summed E-state index contributed by atoms with van der Waals surface area (Å²) in [5.41, 5.74) is 3.78. The van der Waals surface area contributed by atoms with Gasteiger partial charge in [0.25, 0.3) is 0 Å². The summed E-state index contributed by atoms with van der Waals surface area (Å²) < 4.78 is 0. The lowest BCUT2D eigenvalue weighted by atomic mass is 10.1. The molecule has 5 heteroatoms. The van der Waals surface area contributed by atoms with Crippen LogP contribution in [0.1, 0.15) is 21.6 Å². The van der Waals surface area contributed by atoms with Gasteiger partial charge in [0.2, 0.25) is 0 Å².